The molecule has 1 aromatic rings. The molecule has 140 valence electrons. The highest BCUT2D eigenvalue weighted by Gasteiger charge is 2.45. The van der Waals surface area contributed by atoms with Gasteiger partial charge in [0.25, 0.3) is 0 Å². The van der Waals surface area contributed by atoms with Crippen molar-refractivity contribution >= 4 is 11.9 Å². The van der Waals surface area contributed by atoms with E-state index in [9.17, 15) is 14.7 Å². The van der Waals surface area contributed by atoms with E-state index < -0.39 is 11.6 Å². The van der Waals surface area contributed by atoms with E-state index in [4.69, 9.17) is 4.74 Å². The van der Waals surface area contributed by atoms with E-state index in [2.05, 4.69) is 17.1 Å². The van der Waals surface area contributed by atoms with Crippen molar-refractivity contribution in [2.75, 3.05) is 13.1 Å². The Morgan fingerprint density at radius 3 is 2.54 bits per heavy atom. The highest BCUT2D eigenvalue weighted by atomic mass is 16.5. The largest absolute Gasteiger partial charge is 0.478 e. The molecule has 1 aromatic heterocycles. The summed E-state index contributed by atoms with van der Waals surface area (Å²) < 4.78 is 5.95. The minimum absolute atomic E-state index is 0.0294. The van der Waals surface area contributed by atoms with Crippen LogP contribution in [0.15, 0.2) is 24.3 Å². The third kappa shape index (κ3) is 3.74. The van der Waals surface area contributed by atoms with E-state index in [1.54, 1.807) is 11.0 Å². The maximum absolute atomic E-state index is 12.7. The second kappa shape index (κ2) is 7.48. The number of allylic oxidation sites excluding steroid dienone is 2. The fourth-order valence-corrected chi connectivity index (χ4v) is 3.72. The molecule has 6 heteroatoms. The smallest absolute Gasteiger partial charge is 0.348 e. The highest BCUT2D eigenvalue weighted by molar-refractivity contribution is 5.81. The molecule has 0 saturated carbocycles. The number of piperidine rings is 1. The molecule has 1 aliphatic carbocycles. The summed E-state index contributed by atoms with van der Waals surface area (Å²) in [4.78, 5) is 30.8. The van der Waals surface area contributed by atoms with Crippen LogP contribution in [-0.4, -0.2) is 45.6 Å². The van der Waals surface area contributed by atoms with Crippen molar-refractivity contribution in [3.05, 3.63) is 35.7 Å². The maximum Gasteiger partial charge on any atom is 0.348 e. The Kier molecular flexibility index (Phi) is 5.30. The zero-order valence-electron chi connectivity index (χ0n) is 15.4. The van der Waals surface area contributed by atoms with Crippen molar-refractivity contribution in [3.63, 3.8) is 0 Å². The summed E-state index contributed by atoms with van der Waals surface area (Å²) in [5.74, 6) is -0.316. The molecule has 2 aliphatic rings. The average molecular weight is 358 g/mol. The Morgan fingerprint density at radius 1 is 1.23 bits per heavy atom. The molecular weight excluding hydrogens is 332 g/mol. The quantitative estimate of drug-likeness (QED) is 0.837. The number of likely N-dealkylation sites (tertiary alicyclic amines) is 1. The Morgan fingerprint density at radius 2 is 1.96 bits per heavy atom. The van der Waals surface area contributed by atoms with Crippen LogP contribution in [0.2, 0.25) is 0 Å². The second-order valence-electron chi connectivity index (χ2n) is 7.24. The molecule has 1 saturated heterocycles. The van der Waals surface area contributed by atoms with Gasteiger partial charge in [-0.15, -0.1) is 0 Å². The summed E-state index contributed by atoms with van der Waals surface area (Å²) in [6.45, 7) is 4.51. The first-order chi connectivity index (χ1) is 12.4. The van der Waals surface area contributed by atoms with Crippen LogP contribution in [-0.2, 0) is 9.59 Å². The molecule has 6 nitrogen and oxygen atoms in total. The number of pyridine rings is 1. The topological polar surface area (TPSA) is 79.7 Å². The molecule has 1 amide bonds. The van der Waals surface area contributed by atoms with E-state index >= 15 is 0 Å². The summed E-state index contributed by atoms with van der Waals surface area (Å²) in [6.07, 6.45) is 7.33. The van der Waals surface area contributed by atoms with Crippen molar-refractivity contribution in [2.45, 2.75) is 51.6 Å². The lowest BCUT2D eigenvalue weighted by molar-refractivity contribution is -0.162. The number of aromatic nitrogens is 1. The lowest BCUT2D eigenvalue weighted by Crippen LogP contribution is -2.55. The zero-order chi connectivity index (χ0) is 18.7. The third-order valence-electron chi connectivity index (χ3n) is 5.37. The highest BCUT2D eigenvalue weighted by Crippen LogP contribution is 2.32. The Hall–Kier alpha value is -2.37. The normalized spacial score (nSPS) is 22.1. The molecule has 1 atom stereocenters. The number of amides is 1. The van der Waals surface area contributed by atoms with E-state index in [1.807, 2.05) is 19.9 Å². The Labute approximate surface area is 153 Å². The van der Waals surface area contributed by atoms with Crippen LogP contribution in [0.3, 0.4) is 0 Å². The van der Waals surface area contributed by atoms with Crippen LogP contribution in [0.1, 0.15) is 43.5 Å². The molecule has 2 heterocycles. The number of carbonyl (C=O) groups is 2. The standard InChI is InChI=1S/C20H26N2O4/c1-14-8-9-17(15(2)21-14)26-20(19(24)25)10-12-22(13-11-20)18(23)16-6-4-3-5-7-16/h3-4,8-9,16H,5-7,10-13H2,1-2H3,(H,24,25)/t16-/m1/s1. The van der Waals surface area contributed by atoms with Crippen LogP contribution >= 0.6 is 0 Å². The SMILES string of the molecule is Cc1ccc(OC2(C(=O)O)CCN(C(=O)[C@@H]3CC=CCC3)CC2)c(C)n1. The fraction of sp³-hybridized carbons (Fsp3) is 0.550. The fourth-order valence-electron chi connectivity index (χ4n) is 3.72. The Bertz CT molecular complexity index is 721. The molecule has 0 bridgehead atoms. The number of carbonyl (C=O) groups excluding carboxylic acids is 1. The Balaban J connectivity index is 1.69. The van der Waals surface area contributed by atoms with Gasteiger partial charge < -0.3 is 14.7 Å². The minimum Gasteiger partial charge on any atom is -0.478 e. The number of ether oxygens (including phenoxy) is 1. The van der Waals surface area contributed by atoms with Gasteiger partial charge in [0.1, 0.15) is 5.75 Å². The summed E-state index contributed by atoms with van der Waals surface area (Å²) >= 11 is 0. The molecule has 0 unspecified atom stereocenters. The number of hydrogen-bond donors (Lipinski definition) is 1. The van der Waals surface area contributed by atoms with E-state index in [-0.39, 0.29) is 24.7 Å². The van der Waals surface area contributed by atoms with Gasteiger partial charge in [0.05, 0.1) is 5.69 Å². The number of hydrogen-bond acceptors (Lipinski definition) is 4. The van der Waals surface area contributed by atoms with Gasteiger partial charge >= 0.3 is 5.97 Å². The van der Waals surface area contributed by atoms with E-state index in [0.29, 0.717) is 24.5 Å². The van der Waals surface area contributed by atoms with Crippen LogP contribution < -0.4 is 4.74 Å². The summed E-state index contributed by atoms with van der Waals surface area (Å²) in [7, 11) is 0. The summed E-state index contributed by atoms with van der Waals surface area (Å²) in [5, 5.41) is 9.81. The second-order valence-corrected chi connectivity index (χ2v) is 7.24. The van der Waals surface area contributed by atoms with Gasteiger partial charge in [-0.25, -0.2) is 4.79 Å². The molecule has 0 spiro atoms. The minimum atomic E-state index is -1.30. The third-order valence-corrected chi connectivity index (χ3v) is 5.37. The number of nitrogens with zero attached hydrogens (tertiary/aromatic N) is 2. The number of carboxylic acid groups (broad SMARTS) is 1. The molecule has 1 N–H and O–H groups in total. The van der Waals surface area contributed by atoms with Crippen LogP contribution in [0.4, 0.5) is 0 Å². The van der Waals surface area contributed by atoms with Gasteiger partial charge in [0.2, 0.25) is 11.5 Å². The van der Waals surface area contributed by atoms with Gasteiger partial charge in [-0.05, 0) is 45.2 Å². The molecule has 3 rings (SSSR count). The number of aliphatic carboxylic acids is 1. The van der Waals surface area contributed by atoms with Crippen molar-refractivity contribution in [1.82, 2.24) is 9.88 Å². The molecular formula is C20H26N2O4. The van der Waals surface area contributed by atoms with Crippen LogP contribution in [0.5, 0.6) is 5.75 Å². The van der Waals surface area contributed by atoms with Crippen molar-refractivity contribution in [1.29, 1.82) is 0 Å². The van der Waals surface area contributed by atoms with E-state index in [1.165, 1.54) is 0 Å². The van der Waals surface area contributed by atoms with Crippen molar-refractivity contribution < 1.29 is 19.4 Å². The lowest BCUT2D eigenvalue weighted by atomic mass is 9.88. The van der Waals surface area contributed by atoms with Gasteiger partial charge in [-0.2, -0.15) is 0 Å². The molecule has 0 aromatic carbocycles. The first kappa shape index (κ1) is 18.4. The lowest BCUT2D eigenvalue weighted by Gasteiger charge is -2.40. The monoisotopic (exact) mass is 358 g/mol. The number of carboxylic acids is 1. The number of rotatable bonds is 4. The molecule has 26 heavy (non-hydrogen) atoms. The van der Waals surface area contributed by atoms with Crippen LogP contribution in [0, 0.1) is 19.8 Å². The van der Waals surface area contributed by atoms with Crippen molar-refractivity contribution in [2.24, 2.45) is 5.92 Å². The predicted molar refractivity (Wildman–Crippen MR) is 97.0 cm³/mol. The first-order valence-electron chi connectivity index (χ1n) is 9.22. The van der Waals surface area contributed by atoms with E-state index in [0.717, 1.165) is 25.0 Å². The average Bonchev–Trinajstić information content (AvgIpc) is 2.64. The van der Waals surface area contributed by atoms with Gasteiger partial charge in [0, 0.05) is 37.5 Å². The zero-order valence-corrected chi connectivity index (χ0v) is 15.4. The maximum atomic E-state index is 12.7. The van der Waals surface area contributed by atoms with Gasteiger partial charge in [0.15, 0.2) is 0 Å². The summed E-state index contributed by atoms with van der Waals surface area (Å²) in [6, 6.07) is 3.58. The van der Waals surface area contributed by atoms with Gasteiger partial charge in [-0.3, -0.25) is 9.78 Å². The first-order valence-corrected chi connectivity index (χ1v) is 9.22. The van der Waals surface area contributed by atoms with Crippen LogP contribution in [0.25, 0.3) is 0 Å². The molecule has 1 aliphatic heterocycles. The predicted octanol–water partition coefficient (Wildman–Crippen LogP) is 2.88. The van der Waals surface area contributed by atoms with Crippen molar-refractivity contribution in [3.8, 4) is 5.75 Å². The molecule has 1 fully saturated rings. The van der Waals surface area contributed by atoms with Gasteiger partial charge in [-0.1, -0.05) is 12.2 Å². The number of aryl methyl sites for hydroxylation is 2. The molecule has 0 radical (unpaired) electrons. The summed E-state index contributed by atoms with van der Waals surface area (Å²) in [5.41, 5.74) is 0.240.